The van der Waals surface area contributed by atoms with Gasteiger partial charge in [0, 0.05) is 25.3 Å². The topological polar surface area (TPSA) is 58.4 Å². The highest BCUT2D eigenvalue weighted by Gasteiger charge is 2.09. The van der Waals surface area contributed by atoms with Crippen molar-refractivity contribution in [3.05, 3.63) is 54.1 Å². The second-order valence-electron chi connectivity index (χ2n) is 4.49. The maximum Gasteiger partial charge on any atom is 0.255 e. The van der Waals surface area contributed by atoms with Gasteiger partial charge in [-0.05, 0) is 30.3 Å². The van der Waals surface area contributed by atoms with E-state index in [2.05, 4.69) is 5.32 Å². The van der Waals surface area contributed by atoms with E-state index in [1.807, 2.05) is 43.3 Å². The van der Waals surface area contributed by atoms with Crippen LogP contribution in [0, 0.1) is 0 Å². The van der Waals surface area contributed by atoms with Crippen molar-refractivity contribution in [2.24, 2.45) is 0 Å². The molecule has 4 nitrogen and oxygen atoms in total. The van der Waals surface area contributed by atoms with E-state index in [1.165, 1.54) is 0 Å². The summed E-state index contributed by atoms with van der Waals surface area (Å²) in [4.78, 5) is 14.1. The van der Waals surface area contributed by atoms with Gasteiger partial charge >= 0.3 is 0 Å². The smallest absolute Gasteiger partial charge is 0.255 e. The van der Waals surface area contributed by atoms with Gasteiger partial charge in [-0.2, -0.15) is 0 Å². The van der Waals surface area contributed by atoms with Crippen molar-refractivity contribution in [3.63, 3.8) is 0 Å². The lowest BCUT2D eigenvalue weighted by atomic mass is 10.1. The Balaban J connectivity index is 2.24. The van der Waals surface area contributed by atoms with Crippen LogP contribution in [-0.2, 0) is 0 Å². The van der Waals surface area contributed by atoms with E-state index >= 15 is 0 Å². The summed E-state index contributed by atoms with van der Waals surface area (Å²) in [5, 5.41) is 2.90. The van der Waals surface area contributed by atoms with Crippen molar-refractivity contribution in [3.8, 4) is 0 Å². The highest BCUT2D eigenvalue weighted by molar-refractivity contribution is 6.06. The molecule has 0 spiro atoms. The molecular weight excluding hydrogens is 238 g/mol. The molecule has 0 atom stereocenters. The third kappa shape index (κ3) is 3.04. The molecule has 1 amide bonds. The molecule has 0 aliphatic heterocycles. The van der Waals surface area contributed by atoms with Crippen molar-refractivity contribution in [1.82, 2.24) is 0 Å². The van der Waals surface area contributed by atoms with Gasteiger partial charge in [0.05, 0.1) is 11.4 Å². The zero-order chi connectivity index (χ0) is 13.8. The Morgan fingerprint density at radius 3 is 2.53 bits per heavy atom. The Morgan fingerprint density at radius 2 is 1.84 bits per heavy atom. The Labute approximate surface area is 112 Å². The second kappa shape index (κ2) is 5.44. The van der Waals surface area contributed by atoms with Gasteiger partial charge in [-0.1, -0.05) is 18.2 Å². The van der Waals surface area contributed by atoms with E-state index in [-0.39, 0.29) is 5.91 Å². The van der Waals surface area contributed by atoms with E-state index in [0.29, 0.717) is 11.3 Å². The maximum atomic E-state index is 12.2. The molecule has 3 N–H and O–H groups in total. The van der Waals surface area contributed by atoms with E-state index in [4.69, 9.17) is 5.73 Å². The van der Waals surface area contributed by atoms with Crippen molar-refractivity contribution < 1.29 is 4.79 Å². The minimum absolute atomic E-state index is 0.165. The van der Waals surface area contributed by atoms with Crippen molar-refractivity contribution in [2.45, 2.75) is 0 Å². The molecule has 98 valence electrons. The van der Waals surface area contributed by atoms with Crippen molar-refractivity contribution >= 4 is 23.0 Å². The molecule has 4 heteroatoms. The zero-order valence-corrected chi connectivity index (χ0v) is 11.1. The average molecular weight is 255 g/mol. The van der Waals surface area contributed by atoms with Crippen LogP contribution in [0.4, 0.5) is 17.1 Å². The summed E-state index contributed by atoms with van der Waals surface area (Å²) in [6.45, 7) is 0. The van der Waals surface area contributed by atoms with Crippen LogP contribution >= 0.6 is 0 Å². The Kier molecular flexibility index (Phi) is 3.71. The monoisotopic (exact) mass is 255 g/mol. The fourth-order valence-corrected chi connectivity index (χ4v) is 1.84. The lowest BCUT2D eigenvalue weighted by molar-refractivity contribution is 0.102. The first kappa shape index (κ1) is 13.0. The first-order chi connectivity index (χ1) is 9.08. The van der Waals surface area contributed by atoms with Gasteiger partial charge in [-0.3, -0.25) is 4.79 Å². The molecule has 2 rings (SSSR count). The largest absolute Gasteiger partial charge is 0.399 e. The molecule has 19 heavy (non-hydrogen) atoms. The summed E-state index contributed by atoms with van der Waals surface area (Å²) >= 11 is 0. The van der Waals surface area contributed by atoms with E-state index in [0.717, 1.165) is 11.4 Å². The number of nitrogens with one attached hydrogen (secondary N) is 1. The molecule has 0 unspecified atom stereocenters. The summed E-state index contributed by atoms with van der Waals surface area (Å²) in [7, 11) is 3.87. The molecule has 0 saturated carbocycles. The Bertz CT molecular complexity index is 593. The van der Waals surface area contributed by atoms with Gasteiger partial charge in [0.25, 0.3) is 5.91 Å². The van der Waals surface area contributed by atoms with E-state index in [1.54, 1.807) is 24.3 Å². The molecule has 2 aromatic rings. The highest BCUT2D eigenvalue weighted by atomic mass is 16.1. The van der Waals surface area contributed by atoms with Gasteiger partial charge in [-0.15, -0.1) is 0 Å². The zero-order valence-electron chi connectivity index (χ0n) is 11.1. The van der Waals surface area contributed by atoms with Crippen LogP contribution in [-0.4, -0.2) is 20.0 Å². The quantitative estimate of drug-likeness (QED) is 0.829. The van der Waals surface area contributed by atoms with Crippen LogP contribution in [0.5, 0.6) is 0 Å². The molecule has 0 heterocycles. The normalized spacial score (nSPS) is 10.0. The number of nitrogens with two attached hydrogens (primary N) is 1. The lowest BCUT2D eigenvalue weighted by Crippen LogP contribution is -2.16. The fraction of sp³-hybridized carbons (Fsp3) is 0.133. The second-order valence-corrected chi connectivity index (χ2v) is 4.49. The number of para-hydroxylation sites is 2. The molecule has 0 fully saturated rings. The van der Waals surface area contributed by atoms with Crippen LogP contribution in [0.1, 0.15) is 10.4 Å². The van der Waals surface area contributed by atoms with Gasteiger partial charge in [0.2, 0.25) is 0 Å². The van der Waals surface area contributed by atoms with E-state index < -0.39 is 0 Å². The molecular formula is C15H17N3O. The molecule has 0 aliphatic rings. The minimum atomic E-state index is -0.165. The molecule has 2 aromatic carbocycles. The number of hydrogen-bond donors (Lipinski definition) is 2. The first-order valence-electron chi connectivity index (χ1n) is 6.01. The van der Waals surface area contributed by atoms with Crippen LogP contribution in [0.3, 0.4) is 0 Å². The molecule has 0 bridgehead atoms. The fourth-order valence-electron chi connectivity index (χ4n) is 1.84. The Hall–Kier alpha value is -2.49. The highest BCUT2D eigenvalue weighted by Crippen LogP contribution is 2.24. The third-order valence-corrected chi connectivity index (χ3v) is 2.78. The summed E-state index contributed by atoms with van der Waals surface area (Å²) in [6.07, 6.45) is 0. The van der Waals surface area contributed by atoms with Crippen LogP contribution in [0.25, 0.3) is 0 Å². The van der Waals surface area contributed by atoms with Crippen LogP contribution < -0.4 is 16.0 Å². The van der Waals surface area contributed by atoms with Crippen molar-refractivity contribution in [2.75, 3.05) is 30.0 Å². The van der Waals surface area contributed by atoms with Gasteiger partial charge in [0.1, 0.15) is 0 Å². The number of nitrogen functional groups attached to an aromatic ring is 1. The van der Waals surface area contributed by atoms with Crippen LogP contribution in [0.2, 0.25) is 0 Å². The minimum Gasteiger partial charge on any atom is -0.399 e. The van der Waals surface area contributed by atoms with E-state index in [9.17, 15) is 4.79 Å². The number of nitrogens with zero attached hydrogens (tertiary/aromatic N) is 1. The first-order valence-corrected chi connectivity index (χ1v) is 6.01. The number of benzene rings is 2. The molecule has 0 aromatic heterocycles. The Morgan fingerprint density at radius 1 is 1.11 bits per heavy atom. The van der Waals surface area contributed by atoms with Crippen molar-refractivity contribution in [1.29, 1.82) is 0 Å². The standard InChI is InChI=1S/C15H17N3O/c1-18(2)14-9-4-3-8-13(14)17-15(19)11-6-5-7-12(16)10-11/h3-10H,16H2,1-2H3,(H,17,19). The number of hydrogen-bond acceptors (Lipinski definition) is 3. The maximum absolute atomic E-state index is 12.2. The number of amides is 1. The summed E-state index contributed by atoms with van der Waals surface area (Å²) < 4.78 is 0. The summed E-state index contributed by atoms with van der Waals surface area (Å²) in [6, 6.07) is 14.6. The lowest BCUT2D eigenvalue weighted by Gasteiger charge is -2.17. The number of anilines is 3. The summed E-state index contributed by atoms with van der Waals surface area (Å²) in [5.41, 5.74) is 8.54. The van der Waals surface area contributed by atoms with Gasteiger partial charge in [0.15, 0.2) is 0 Å². The number of carbonyl (C=O) groups excluding carboxylic acids is 1. The molecule has 0 saturated heterocycles. The average Bonchev–Trinajstić information content (AvgIpc) is 2.39. The molecule has 0 aliphatic carbocycles. The molecule has 0 radical (unpaired) electrons. The van der Waals surface area contributed by atoms with Gasteiger partial charge < -0.3 is 16.0 Å². The predicted molar refractivity (Wildman–Crippen MR) is 79.6 cm³/mol. The third-order valence-electron chi connectivity index (χ3n) is 2.78. The van der Waals surface area contributed by atoms with Gasteiger partial charge in [-0.25, -0.2) is 0 Å². The predicted octanol–water partition coefficient (Wildman–Crippen LogP) is 2.59. The summed E-state index contributed by atoms with van der Waals surface area (Å²) in [5.74, 6) is -0.165. The number of rotatable bonds is 3. The van der Waals surface area contributed by atoms with Crippen LogP contribution in [0.15, 0.2) is 48.5 Å². The number of carbonyl (C=O) groups is 1. The SMILES string of the molecule is CN(C)c1ccccc1NC(=O)c1cccc(N)c1.